The second-order valence-corrected chi connectivity index (χ2v) is 7.48. The van der Waals surface area contributed by atoms with E-state index >= 15 is 0 Å². The van der Waals surface area contributed by atoms with Gasteiger partial charge in [0, 0.05) is 16.3 Å². The van der Waals surface area contributed by atoms with Crippen LogP contribution in [0.1, 0.15) is 19.5 Å². The molecule has 0 unspecified atom stereocenters. The third-order valence-corrected chi connectivity index (χ3v) is 5.63. The summed E-state index contributed by atoms with van der Waals surface area (Å²) in [4.78, 5) is 18.4. The van der Waals surface area contributed by atoms with Crippen molar-refractivity contribution in [2.24, 2.45) is 5.92 Å². The Morgan fingerprint density at radius 3 is 2.86 bits per heavy atom. The number of carbonyl (C=O) groups is 1. The van der Waals surface area contributed by atoms with E-state index in [9.17, 15) is 9.90 Å². The number of β-amino-alcohol motifs (C(OH)–C–C–N with tert-alkyl or cyclic N) is 1. The third kappa shape index (κ3) is 2.88. The zero-order valence-corrected chi connectivity index (χ0v) is 13.7. The SMILES string of the molecule is CC(C)C1(O)CN(C(=O)Cc2csc(-c3ccsc3)n2)C1. The first-order valence-electron chi connectivity index (χ1n) is 6.95. The molecule has 3 heterocycles. The summed E-state index contributed by atoms with van der Waals surface area (Å²) in [6.07, 6.45) is 0.314. The highest BCUT2D eigenvalue weighted by molar-refractivity contribution is 7.14. The maximum Gasteiger partial charge on any atom is 0.228 e. The largest absolute Gasteiger partial charge is 0.386 e. The monoisotopic (exact) mass is 322 g/mol. The Bertz CT molecular complexity index is 628. The molecule has 112 valence electrons. The van der Waals surface area contributed by atoms with Gasteiger partial charge in [0.1, 0.15) is 10.6 Å². The number of thiazole rings is 1. The fraction of sp³-hybridized carbons (Fsp3) is 0.467. The van der Waals surface area contributed by atoms with Gasteiger partial charge in [-0.3, -0.25) is 4.79 Å². The smallest absolute Gasteiger partial charge is 0.228 e. The van der Waals surface area contributed by atoms with E-state index in [4.69, 9.17) is 0 Å². The average Bonchev–Trinajstić information content (AvgIpc) is 3.04. The Morgan fingerprint density at radius 1 is 1.48 bits per heavy atom. The summed E-state index contributed by atoms with van der Waals surface area (Å²) in [5.74, 6) is 0.216. The van der Waals surface area contributed by atoms with E-state index in [0.29, 0.717) is 19.5 Å². The van der Waals surface area contributed by atoms with Gasteiger partial charge in [-0.15, -0.1) is 11.3 Å². The molecule has 1 amide bonds. The number of likely N-dealkylation sites (tertiary alicyclic amines) is 1. The Hall–Kier alpha value is -1.24. The van der Waals surface area contributed by atoms with Crippen molar-refractivity contribution in [3.63, 3.8) is 0 Å². The molecule has 3 rings (SSSR count). The van der Waals surface area contributed by atoms with E-state index < -0.39 is 5.60 Å². The number of aromatic nitrogens is 1. The number of rotatable bonds is 4. The first-order chi connectivity index (χ1) is 9.98. The van der Waals surface area contributed by atoms with Crippen LogP contribution in [-0.4, -0.2) is 39.6 Å². The van der Waals surface area contributed by atoms with Crippen molar-refractivity contribution >= 4 is 28.6 Å². The van der Waals surface area contributed by atoms with Gasteiger partial charge in [0.15, 0.2) is 0 Å². The quantitative estimate of drug-likeness (QED) is 0.941. The van der Waals surface area contributed by atoms with Crippen molar-refractivity contribution in [2.45, 2.75) is 25.9 Å². The summed E-state index contributed by atoms with van der Waals surface area (Å²) in [5, 5.41) is 17.2. The number of hydrogen-bond donors (Lipinski definition) is 1. The van der Waals surface area contributed by atoms with Gasteiger partial charge in [0.2, 0.25) is 5.91 Å². The van der Waals surface area contributed by atoms with E-state index in [2.05, 4.69) is 10.4 Å². The maximum atomic E-state index is 12.2. The van der Waals surface area contributed by atoms with Crippen LogP contribution in [0.4, 0.5) is 0 Å². The Labute approximate surface area is 132 Å². The van der Waals surface area contributed by atoms with Crippen LogP contribution in [0.2, 0.25) is 0 Å². The van der Waals surface area contributed by atoms with E-state index in [1.54, 1.807) is 27.6 Å². The summed E-state index contributed by atoms with van der Waals surface area (Å²) < 4.78 is 0. The molecule has 1 fully saturated rings. The van der Waals surface area contributed by atoms with Crippen molar-refractivity contribution in [1.29, 1.82) is 0 Å². The zero-order chi connectivity index (χ0) is 15.0. The molecule has 0 aliphatic carbocycles. The Balaban J connectivity index is 1.59. The lowest BCUT2D eigenvalue weighted by atomic mass is 9.83. The molecule has 6 heteroatoms. The van der Waals surface area contributed by atoms with Crippen LogP contribution in [0.15, 0.2) is 22.2 Å². The van der Waals surface area contributed by atoms with Crippen LogP contribution in [0.5, 0.6) is 0 Å². The lowest BCUT2D eigenvalue weighted by Gasteiger charge is -2.49. The van der Waals surface area contributed by atoms with Gasteiger partial charge in [0.05, 0.1) is 25.2 Å². The minimum atomic E-state index is -0.709. The van der Waals surface area contributed by atoms with Gasteiger partial charge in [-0.25, -0.2) is 4.98 Å². The summed E-state index contributed by atoms with van der Waals surface area (Å²) in [6.45, 7) is 4.83. The molecular weight excluding hydrogens is 304 g/mol. The predicted molar refractivity (Wildman–Crippen MR) is 85.5 cm³/mol. The Kier molecular flexibility index (Phi) is 3.86. The van der Waals surface area contributed by atoms with Gasteiger partial charge in [0.25, 0.3) is 0 Å². The van der Waals surface area contributed by atoms with Crippen LogP contribution in [0.3, 0.4) is 0 Å². The summed E-state index contributed by atoms with van der Waals surface area (Å²) in [7, 11) is 0. The number of nitrogens with zero attached hydrogens (tertiary/aromatic N) is 2. The standard InChI is InChI=1S/C15H18N2O2S2/c1-10(2)15(19)8-17(9-15)13(18)5-12-7-21-14(16-12)11-3-4-20-6-11/h3-4,6-7,10,19H,5,8-9H2,1-2H3. The lowest BCUT2D eigenvalue weighted by Crippen LogP contribution is -2.66. The minimum absolute atomic E-state index is 0.0440. The second-order valence-electron chi connectivity index (χ2n) is 5.84. The maximum absolute atomic E-state index is 12.2. The van der Waals surface area contributed by atoms with Crippen molar-refractivity contribution in [3.8, 4) is 10.6 Å². The van der Waals surface area contributed by atoms with Crippen LogP contribution >= 0.6 is 22.7 Å². The normalized spacial score (nSPS) is 17.0. The average molecular weight is 322 g/mol. The van der Waals surface area contributed by atoms with Crippen LogP contribution in [0, 0.1) is 5.92 Å². The van der Waals surface area contributed by atoms with Gasteiger partial charge in [-0.05, 0) is 17.4 Å². The molecule has 0 spiro atoms. The predicted octanol–water partition coefficient (Wildman–Crippen LogP) is 2.64. The summed E-state index contributed by atoms with van der Waals surface area (Å²) in [5.41, 5.74) is 1.22. The highest BCUT2D eigenvalue weighted by Gasteiger charge is 2.45. The molecule has 1 aliphatic rings. The fourth-order valence-electron chi connectivity index (χ4n) is 2.33. The van der Waals surface area contributed by atoms with E-state index in [1.165, 1.54) is 0 Å². The van der Waals surface area contributed by atoms with Crippen molar-refractivity contribution < 1.29 is 9.90 Å². The molecule has 0 bridgehead atoms. The minimum Gasteiger partial charge on any atom is -0.386 e. The number of aliphatic hydroxyl groups is 1. The molecule has 1 aliphatic heterocycles. The number of thiophene rings is 1. The number of carbonyl (C=O) groups excluding carboxylic acids is 1. The van der Waals surface area contributed by atoms with Gasteiger partial charge in [-0.2, -0.15) is 11.3 Å². The molecule has 2 aromatic heterocycles. The summed E-state index contributed by atoms with van der Waals surface area (Å²) in [6, 6.07) is 2.04. The molecule has 1 N–H and O–H groups in total. The Morgan fingerprint density at radius 2 is 2.24 bits per heavy atom. The second kappa shape index (κ2) is 5.51. The molecule has 0 atom stereocenters. The third-order valence-electron chi connectivity index (χ3n) is 4.01. The first-order valence-corrected chi connectivity index (χ1v) is 8.77. The lowest BCUT2D eigenvalue weighted by molar-refractivity contribution is -0.163. The molecule has 2 aromatic rings. The van der Waals surface area contributed by atoms with Crippen LogP contribution in [0.25, 0.3) is 10.6 Å². The molecule has 0 aromatic carbocycles. The van der Waals surface area contributed by atoms with Gasteiger partial charge < -0.3 is 10.0 Å². The van der Waals surface area contributed by atoms with E-state index in [1.807, 2.05) is 30.7 Å². The first kappa shape index (κ1) is 14.7. The van der Waals surface area contributed by atoms with Gasteiger partial charge in [-0.1, -0.05) is 13.8 Å². The number of amides is 1. The molecule has 1 saturated heterocycles. The summed E-state index contributed by atoms with van der Waals surface area (Å²) >= 11 is 3.21. The van der Waals surface area contributed by atoms with E-state index in [0.717, 1.165) is 16.3 Å². The van der Waals surface area contributed by atoms with Crippen LogP contribution in [-0.2, 0) is 11.2 Å². The number of hydrogen-bond acceptors (Lipinski definition) is 5. The van der Waals surface area contributed by atoms with Crippen molar-refractivity contribution in [1.82, 2.24) is 9.88 Å². The topological polar surface area (TPSA) is 53.4 Å². The molecular formula is C15H18N2O2S2. The van der Waals surface area contributed by atoms with Gasteiger partial charge >= 0.3 is 0 Å². The fourth-order valence-corrected chi connectivity index (χ4v) is 3.86. The van der Waals surface area contributed by atoms with Crippen molar-refractivity contribution in [2.75, 3.05) is 13.1 Å². The highest BCUT2D eigenvalue weighted by atomic mass is 32.1. The molecule has 0 radical (unpaired) electrons. The van der Waals surface area contributed by atoms with Crippen molar-refractivity contribution in [3.05, 3.63) is 27.9 Å². The van der Waals surface area contributed by atoms with E-state index in [-0.39, 0.29) is 11.8 Å². The molecule has 21 heavy (non-hydrogen) atoms. The van der Waals surface area contributed by atoms with Crippen LogP contribution < -0.4 is 0 Å². The molecule has 4 nitrogen and oxygen atoms in total. The molecule has 0 saturated carbocycles. The zero-order valence-electron chi connectivity index (χ0n) is 12.1. The highest BCUT2D eigenvalue weighted by Crippen LogP contribution is 2.30.